The highest BCUT2D eigenvalue weighted by Gasteiger charge is 2.36. The molecule has 4 heteroatoms. The van der Waals surface area contributed by atoms with E-state index >= 15 is 0 Å². The average Bonchev–Trinajstić information content (AvgIpc) is 2.42. The van der Waals surface area contributed by atoms with Gasteiger partial charge in [0.05, 0.1) is 5.60 Å². The van der Waals surface area contributed by atoms with Crippen molar-refractivity contribution in [2.75, 3.05) is 13.2 Å². The Balaban J connectivity index is 2.16. The molecule has 1 aliphatic heterocycles. The number of hydrogen-bond donors (Lipinski definition) is 1. The van der Waals surface area contributed by atoms with Gasteiger partial charge in [-0.3, -0.25) is 0 Å². The summed E-state index contributed by atoms with van der Waals surface area (Å²) in [5.74, 6) is 0. The van der Waals surface area contributed by atoms with E-state index in [1.807, 2.05) is 12.1 Å². The molecule has 0 bridgehead atoms. The number of halogens is 2. The molecule has 0 aromatic heterocycles. The van der Waals surface area contributed by atoms with Crippen molar-refractivity contribution in [3.05, 3.63) is 33.3 Å². The van der Waals surface area contributed by atoms with Gasteiger partial charge in [0.15, 0.2) is 0 Å². The Labute approximate surface area is 135 Å². The molecule has 2 nitrogen and oxygen atoms in total. The minimum atomic E-state index is -0.0926. The third kappa shape index (κ3) is 3.97. The van der Waals surface area contributed by atoms with Crippen LogP contribution in [-0.2, 0) is 11.2 Å². The summed E-state index contributed by atoms with van der Waals surface area (Å²) in [7, 11) is 0. The van der Waals surface area contributed by atoms with Crippen molar-refractivity contribution in [2.45, 2.75) is 51.2 Å². The van der Waals surface area contributed by atoms with Gasteiger partial charge in [-0.25, -0.2) is 0 Å². The molecular weight excluding hydrogens is 338 g/mol. The van der Waals surface area contributed by atoms with Crippen LogP contribution in [0.5, 0.6) is 0 Å². The molecule has 1 aromatic carbocycles. The van der Waals surface area contributed by atoms with Crippen molar-refractivity contribution >= 4 is 27.5 Å². The summed E-state index contributed by atoms with van der Waals surface area (Å²) in [4.78, 5) is 0. The highest BCUT2D eigenvalue weighted by atomic mass is 79.9. The number of rotatable bonds is 5. The summed E-state index contributed by atoms with van der Waals surface area (Å²) < 4.78 is 7.12. The van der Waals surface area contributed by atoms with E-state index in [1.54, 1.807) is 0 Å². The summed E-state index contributed by atoms with van der Waals surface area (Å²) in [5, 5.41) is 4.41. The van der Waals surface area contributed by atoms with Gasteiger partial charge in [0.2, 0.25) is 0 Å². The lowest BCUT2D eigenvalue weighted by Crippen LogP contribution is -2.53. The van der Waals surface area contributed by atoms with Crippen molar-refractivity contribution < 1.29 is 4.74 Å². The fraction of sp³-hybridized carbons (Fsp3) is 0.625. The van der Waals surface area contributed by atoms with Crippen LogP contribution in [0.1, 0.15) is 38.7 Å². The second-order valence-corrected chi connectivity index (χ2v) is 6.99. The quantitative estimate of drug-likeness (QED) is 0.829. The lowest BCUT2D eigenvalue weighted by molar-refractivity contribution is -0.0881. The zero-order valence-electron chi connectivity index (χ0n) is 12.2. The summed E-state index contributed by atoms with van der Waals surface area (Å²) in [6.07, 6.45) is 4.43. The van der Waals surface area contributed by atoms with Crippen LogP contribution in [0.25, 0.3) is 0 Å². The minimum Gasteiger partial charge on any atom is -0.374 e. The van der Waals surface area contributed by atoms with Crippen molar-refractivity contribution in [3.8, 4) is 0 Å². The monoisotopic (exact) mass is 359 g/mol. The Morgan fingerprint density at radius 2 is 2.25 bits per heavy atom. The number of hydrogen-bond acceptors (Lipinski definition) is 2. The number of benzene rings is 1. The predicted molar refractivity (Wildman–Crippen MR) is 88.5 cm³/mol. The van der Waals surface area contributed by atoms with E-state index < -0.39 is 0 Å². The highest BCUT2D eigenvalue weighted by Crippen LogP contribution is 2.31. The maximum Gasteiger partial charge on any atom is 0.0810 e. The largest absolute Gasteiger partial charge is 0.374 e. The molecule has 112 valence electrons. The Hall–Kier alpha value is -0.0900. The number of nitrogens with one attached hydrogen (secondary N) is 1. The molecule has 0 spiro atoms. The van der Waals surface area contributed by atoms with E-state index in [0.29, 0.717) is 6.04 Å². The summed E-state index contributed by atoms with van der Waals surface area (Å²) in [6.45, 7) is 6.18. The van der Waals surface area contributed by atoms with Gasteiger partial charge in [-0.2, -0.15) is 0 Å². The highest BCUT2D eigenvalue weighted by molar-refractivity contribution is 9.10. The predicted octanol–water partition coefficient (Wildman–Crippen LogP) is 4.58. The van der Waals surface area contributed by atoms with Gasteiger partial charge < -0.3 is 10.1 Å². The van der Waals surface area contributed by atoms with Crippen LogP contribution in [0.3, 0.4) is 0 Å². The Morgan fingerprint density at radius 1 is 1.45 bits per heavy atom. The minimum absolute atomic E-state index is 0.0926. The fourth-order valence-corrected chi connectivity index (χ4v) is 3.64. The van der Waals surface area contributed by atoms with Crippen molar-refractivity contribution in [2.24, 2.45) is 0 Å². The molecule has 2 rings (SSSR count). The number of ether oxygens (including phenoxy) is 1. The van der Waals surface area contributed by atoms with E-state index in [2.05, 4.69) is 41.2 Å². The van der Waals surface area contributed by atoms with Crippen LogP contribution in [-0.4, -0.2) is 24.8 Å². The zero-order chi connectivity index (χ0) is 14.6. The lowest BCUT2D eigenvalue weighted by Gasteiger charge is -2.41. The van der Waals surface area contributed by atoms with Crippen molar-refractivity contribution in [3.63, 3.8) is 0 Å². The van der Waals surface area contributed by atoms with Gasteiger partial charge in [0.1, 0.15) is 0 Å². The van der Waals surface area contributed by atoms with E-state index in [0.717, 1.165) is 35.5 Å². The summed E-state index contributed by atoms with van der Waals surface area (Å²) in [6, 6.07) is 6.41. The molecule has 0 amide bonds. The maximum atomic E-state index is 6.36. The van der Waals surface area contributed by atoms with E-state index in [4.69, 9.17) is 16.3 Å². The molecular formula is C16H23BrClNO. The van der Waals surface area contributed by atoms with Crippen LogP contribution >= 0.6 is 27.5 Å². The fourth-order valence-electron chi connectivity index (χ4n) is 2.89. The summed E-state index contributed by atoms with van der Waals surface area (Å²) in [5.41, 5.74) is 1.08. The first-order valence-electron chi connectivity index (χ1n) is 7.36. The molecule has 0 saturated carbocycles. The van der Waals surface area contributed by atoms with Crippen LogP contribution in [0, 0.1) is 0 Å². The van der Waals surface area contributed by atoms with Gasteiger partial charge in [-0.05, 0) is 56.8 Å². The van der Waals surface area contributed by atoms with Gasteiger partial charge in [0, 0.05) is 22.1 Å². The molecule has 1 N–H and O–H groups in total. The molecule has 0 aliphatic carbocycles. The third-order valence-electron chi connectivity index (χ3n) is 4.13. The maximum absolute atomic E-state index is 6.36. The van der Waals surface area contributed by atoms with E-state index in [9.17, 15) is 0 Å². The smallest absolute Gasteiger partial charge is 0.0810 e. The first-order chi connectivity index (χ1) is 9.55. The van der Waals surface area contributed by atoms with Crippen molar-refractivity contribution in [1.82, 2.24) is 5.32 Å². The molecule has 1 heterocycles. The molecule has 20 heavy (non-hydrogen) atoms. The molecule has 1 fully saturated rings. The van der Waals surface area contributed by atoms with Crippen LogP contribution in [0.15, 0.2) is 22.7 Å². The van der Waals surface area contributed by atoms with E-state index in [-0.39, 0.29) is 5.60 Å². The molecule has 2 atom stereocenters. The first kappa shape index (κ1) is 16.3. The standard InChI is InChI=1S/C16H23BrClNO/c1-3-19-15(16(2)8-4-5-9-20-16)10-12-6-7-13(17)11-14(12)18/h6-7,11,15,19H,3-5,8-10H2,1-2H3. The number of likely N-dealkylation sites (N-methyl/N-ethyl adjacent to an activating group) is 1. The Morgan fingerprint density at radius 3 is 2.85 bits per heavy atom. The molecule has 0 radical (unpaired) electrons. The molecule has 1 aliphatic rings. The second kappa shape index (κ2) is 7.26. The average molecular weight is 361 g/mol. The molecule has 1 saturated heterocycles. The molecule has 1 aromatic rings. The summed E-state index contributed by atoms with van der Waals surface area (Å²) >= 11 is 9.82. The Kier molecular flexibility index (Phi) is 5.91. The third-order valence-corrected chi connectivity index (χ3v) is 4.97. The first-order valence-corrected chi connectivity index (χ1v) is 8.53. The van der Waals surface area contributed by atoms with Gasteiger partial charge in [-0.1, -0.05) is 40.5 Å². The van der Waals surface area contributed by atoms with Crippen LogP contribution < -0.4 is 5.32 Å². The molecule has 2 unspecified atom stereocenters. The van der Waals surface area contributed by atoms with E-state index in [1.165, 1.54) is 18.4 Å². The van der Waals surface area contributed by atoms with Gasteiger partial charge in [-0.15, -0.1) is 0 Å². The van der Waals surface area contributed by atoms with Gasteiger partial charge >= 0.3 is 0 Å². The second-order valence-electron chi connectivity index (χ2n) is 5.67. The van der Waals surface area contributed by atoms with Crippen LogP contribution in [0.2, 0.25) is 5.02 Å². The SMILES string of the molecule is CCNC(Cc1ccc(Br)cc1Cl)C1(C)CCCCO1. The normalized spacial score (nSPS) is 24.6. The topological polar surface area (TPSA) is 21.3 Å². The van der Waals surface area contributed by atoms with Crippen LogP contribution in [0.4, 0.5) is 0 Å². The zero-order valence-corrected chi connectivity index (χ0v) is 14.6. The lowest BCUT2D eigenvalue weighted by atomic mass is 9.84. The Bertz CT molecular complexity index is 446. The van der Waals surface area contributed by atoms with Gasteiger partial charge in [0.25, 0.3) is 0 Å². The van der Waals surface area contributed by atoms with Crippen molar-refractivity contribution in [1.29, 1.82) is 0 Å².